The van der Waals surface area contributed by atoms with Crippen LogP contribution in [0.3, 0.4) is 0 Å². The molecule has 5 heteroatoms. The number of nitrogens with one attached hydrogen (secondary N) is 1. The molecule has 156 valence electrons. The molecule has 0 aliphatic carbocycles. The van der Waals surface area contributed by atoms with Crippen LogP contribution in [0.2, 0.25) is 5.02 Å². The lowest BCUT2D eigenvalue weighted by atomic mass is 10.1. The fraction of sp³-hybridized carbons (Fsp3) is 0.240. The molecule has 0 aromatic heterocycles. The Morgan fingerprint density at radius 3 is 2.27 bits per heavy atom. The molecular weight excluding hydrogens is 398 g/mol. The van der Waals surface area contributed by atoms with Crippen molar-refractivity contribution < 1.29 is 14.3 Å². The predicted molar refractivity (Wildman–Crippen MR) is 120 cm³/mol. The highest BCUT2D eigenvalue weighted by Gasteiger charge is 2.06. The summed E-state index contributed by atoms with van der Waals surface area (Å²) in [5, 5.41) is 3.54. The zero-order chi connectivity index (χ0) is 21.2. The molecule has 1 amide bonds. The number of carbonyl (C=O) groups excluding carboxylic acids is 1. The molecule has 3 aromatic carbocycles. The largest absolute Gasteiger partial charge is 0.492 e. The zero-order valence-corrected chi connectivity index (χ0v) is 17.8. The van der Waals surface area contributed by atoms with Gasteiger partial charge in [-0.05, 0) is 54.4 Å². The van der Waals surface area contributed by atoms with Gasteiger partial charge in [-0.3, -0.25) is 4.79 Å². The Balaban J connectivity index is 1.40. The van der Waals surface area contributed by atoms with Crippen molar-refractivity contribution in [3.8, 4) is 11.5 Å². The van der Waals surface area contributed by atoms with Gasteiger partial charge in [0, 0.05) is 16.1 Å². The summed E-state index contributed by atoms with van der Waals surface area (Å²) >= 11 is 6.13. The third kappa shape index (κ3) is 6.53. The van der Waals surface area contributed by atoms with Crippen molar-refractivity contribution in [2.24, 2.45) is 0 Å². The Morgan fingerprint density at radius 1 is 0.900 bits per heavy atom. The van der Waals surface area contributed by atoms with Gasteiger partial charge in [0.05, 0.1) is 6.54 Å². The maximum Gasteiger partial charge on any atom is 0.251 e. The predicted octanol–water partition coefficient (Wildman–Crippen LogP) is 5.68. The summed E-state index contributed by atoms with van der Waals surface area (Å²) in [5.41, 5.74) is 2.79. The first kappa shape index (κ1) is 21.7. The zero-order valence-electron chi connectivity index (χ0n) is 17.1. The first-order chi connectivity index (χ1) is 14.7. The highest BCUT2D eigenvalue weighted by Crippen LogP contribution is 2.19. The molecule has 0 saturated heterocycles. The summed E-state index contributed by atoms with van der Waals surface area (Å²) in [4.78, 5) is 12.3. The lowest BCUT2D eigenvalue weighted by Crippen LogP contribution is -2.28. The number of amides is 1. The third-order valence-electron chi connectivity index (χ3n) is 4.59. The smallest absolute Gasteiger partial charge is 0.251 e. The van der Waals surface area contributed by atoms with Gasteiger partial charge in [-0.1, -0.05) is 55.3 Å². The van der Waals surface area contributed by atoms with Crippen LogP contribution in [0.5, 0.6) is 11.5 Å². The highest BCUT2D eigenvalue weighted by molar-refractivity contribution is 6.31. The fourth-order valence-corrected chi connectivity index (χ4v) is 3.15. The van der Waals surface area contributed by atoms with Crippen molar-refractivity contribution in [3.05, 3.63) is 94.5 Å². The Morgan fingerprint density at radius 2 is 1.57 bits per heavy atom. The number of aryl methyl sites for hydroxylation is 1. The molecule has 0 atom stereocenters. The molecular formula is C25H26ClNO3. The first-order valence-electron chi connectivity index (χ1n) is 10.1. The van der Waals surface area contributed by atoms with Crippen LogP contribution >= 0.6 is 11.6 Å². The van der Waals surface area contributed by atoms with E-state index in [0.717, 1.165) is 24.2 Å². The summed E-state index contributed by atoms with van der Waals surface area (Å²) in [6.07, 6.45) is 2.20. The highest BCUT2D eigenvalue weighted by atomic mass is 35.5. The molecule has 0 heterocycles. The van der Waals surface area contributed by atoms with E-state index in [1.807, 2.05) is 36.4 Å². The van der Waals surface area contributed by atoms with Crippen LogP contribution in [0.4, 0.5) is 0 Å². The van der Waals surface area contributed by atoms with E-state index in [4.69, 9.17) is 21.1 Å². The summed E-state index contributed by atoms with van der Waals surface area (Å²) in [6.45, 7) is 3.38. The number of ether oxygens (including phenoxy) is 2. The Kier molecular flexibility index (Phi) is 8.16. The van der Waals surface area contributed by atoms with Gasteiger partial charge in [0.2, 0.25) is 0 Å². The van der Waals surface area contributed by atoms with E-state index < -0.39 is 0 Å². The number of carbonyl (C=O) groups is 1. The molecule has 3 rings (SSSR count). The topological polar surface area (TPSA) is 47.6 Å². The lowest BCUT2D eigenvalue weighted by molar-refractivity contribution is 0.0947. The van der Waals surface area contributed by atoms with E-state index in [0.29, 0.717) is 36.1 Å². The van der Waals surface area contributed by atoms with E-state index in [9.17, 15) is 4.79 Å². The number of benzene rings is 3. The Hall–Kier alpha value is -2.98. The Labute approximate surface area is 182 Å². The van der Waals surface area contributed by atoms with Crippen LogP contribution < -0.4 is 14.8 Å². The fourth-order valence-electron chi connectivity index (χ4n) is 2.96. The second kappa shape index (κ2) is 11.3. The molecule has 30 heavy (non-hydrogen) atoms. The molecule has 0 spiro atoms. The Bertz CT molecular complexity index is 939. The van der Waals surface area contributed by atoms with Gasteiger partial charge in [-0.25, -0.2) is 0 Å². The van der Waals surface area contributed by atoms with Crippen molar-refractivity contribution >= 4 is 17.5 Å². The molecule has 0 saturated carbocycles. The minimum Gasteiger partial charge on any atom is -0.492 e. The third-order valence-corrected chi connectivity index (χ3v) is 4.96. The number of hydrogen-bond donors (Lipinski definition) is 1. The molecule has 0 aliphatic heterocycles. The van der Waals surface area contributed by atoms with Crippen molar-refractivity contribution in [1.82, 2.24) is 5.32 Å². The SMILES string of the molecule is CCCc1ccc(OCCNC(=O)c2ccc(OCc3ccccc3Cl)cc2)cc1. The van der Waals surface area contributed by atoms with E-state index in [-0.39, 0.29) is 5.91 Å². The van der Waals surface area contributed by atoms with Gasteiger partial charge in [-0.2, -0.15) is 0 Å². The minimum atomic E-state index is -0.144. The average molecular weight is 424 g/mol. The van der Waals surface area contributed by atoms with Crippen molar-refractivity contribution in [1.29, 1.82) is 0 Å². The molecule has 0 aliphatic rings. The van der Waals surface area contributed by atoms with E-state index >= 15 is 0 Å². The summed E-state index contributed by atoms with van der Waals surface area (Å²) in [7, 11) is 0. The van der Waals surface area contributed by atoms with Crippen LogP contribution in [0.25, 0.3) is 0 Å². The lowest BCUT2D eigenvalue weighted by Gasteiger charge is -2.10. The molecule has 0 bridgehead atoms. The molecule has 3 aromatic rings. The van der Waals surface area contributed by atoms with Crippen LogP contribution in [-0.4, -0.2) is 19.1 Å². The summed E-state index contributed by atoms with van der Waals surface area (Å²) < 4.78 is 11.4. The molecule has 4 nitrogen and oxygen atoms in total. The molecule has 0 unspecified atom stereocenters. The number of halogens is 1. The van der Waals surface area contributed by atoms with Crippen molar-refractivity contribution in [3.63, 3.8) is 0 Å². The van der Waals surface area contributed by atoms with Gasteiger partial charge < -0.3 is 14.8 Å². The quantitative estimate of drug-likeness (QED) is 0.427. The van der Waals surface area contributed by atoms with Crippen LogP contribution in [0.1, 0.15) is 34.8 Å². The van der Waals surface area contributed by atoms with Crippen LogP contribution in [-0.2, 0) is 13.0 Å². The van der Waals surface area contributed by atoms with Crippen molar-refractivity contribution in [2.45, 2.75) is 26.4 Å². The second-order valence-corrected chi connectivity index (χ2v) is 7.31. The second-order valence-electron chi connectivity index (χ2n) is 6.90. The summed E-state index contributed by atoms with van der Waals surface area (Å²) in [6, 6.07) is 22.7. The monoisotopic (exact) mass is 423 g/mol. The minimum absolute atomic E-state index is 0.144. The van der Waals surface area contributed by atoms with E-state index in [1.165, 1.54) is 5.56 Å². The molecule has 1 N–H and O–H groups in total. The average Bonchev–Trinajstić information content (AvgIpc) is 2.78. The maximum atomic E-state index is 12.3. The van der Waals surface area contributed by atoms with Crippen LogP contribution in [0, 0.1) is 0 Å². The van der Waals surface area contributed by atoms with Gasteiger partial charge in [0.25, 0.3) is 5.91 Å². The normalized spacial score (nSPS) is 10.5. The van der Waals surface area contributed by atoms with Gasteiger partial charge in [-0.15, -0.1) is 0 Å². The van der Waals surface area contributed by atoms with Gasteiger partial charge in [0.1, 0.15) is 24.7 Å². The number of rotatable bonds is 10. The van der Waals surface area contributed by atoms with E-state index in [1.54, 1.807) is 24.3 Å². The maximum absolute atomic E-state index is 12.3. The van der Waals surface area contributed by atoms with Crippen molar-refractivity contribution in [2.75, 3.05) is 13.2 Å². The standard InChI is InChI=1S/C25H26ClNO3/c1-2-5-19-8-12-22(13-9-19)29-17-16-27-25(28)20-10-14-23(15-11-20)30-18-21-6-3-4-7-24(21)26/h3-4,6-15H,2,5,16-18H2,1H3,(H,27,28). The van der Waals surface area contributed by atoms with Crippen LogP contribution in [0.15, 0.2) is 72.8 Å². The van der Waals surface area contributed by atoms with E-state index in [2.05, 4.69) is 24.4 Å². The van der Waals surface area contributed by atoms with Gasteiger partial charge in [0.15, 0.2) is 0 Å². The first-order valence-corrected chi connectivity index (χ1v) is 10.5. The molecule has 0 radical (unpaired) electrons. The summed E-state index contributed by atoms with van der Waals surface area (Å²) in [5.74, 6) is 1.35. The number of hydrogen-bond acceptors (Lipinski definition) is 3. The van der Waals surface area contributed by atoms with Gasteiger partial charge >= 0.3 is 0 Å². The molecule has 0 fully saturated rings.